The van der Waals surface area contributed by atoms with E-state index in [1.807, 2.05) is 6.92 Å². The van der Waals surface area contributed by atoms with Crippen LogP contribution in [0.5, 0.6) is 0 Å². The summed E-state index contributed by atoms with van der Waals surface area (Å²) in [4.78, 5) is 20.5. The molecular formula is C10H20O6P+. The summed E-state index contributed by atoms with van der Waals surface area (Å²) in [7, 11) is -4.05. The molecule has 7 heteroatoms. The van der Waals surface area contributed by atoms with Crippen LogP contribution in [0.3, 0.4) is 0 Å². The number of rotatable bonds is 8. The van der Waals surface area contributed by atoms with Gasteiger partial charge in [0, 0.05) is 0 Å². The fourth-order valence-corrected chi connectivity index (χ4v) is 1.39. The zero-order chi connectivity index (χ0) is 13.5. The van der Waals surface area contributed by atoms with Gasteiger partial charge in [-0.1, -0.05) is 6.92 Å². The summed E-state index contributed by atoms with van der Waals surface area (Å²) in [6, 6.07) is 0. The molecule has 0 aliphatic carbocycles. The van der Waals surface area contributed by atoms with Crippen LogP contribution in [-0.4, -0.2) is 30.7 Å². The second kappa shape index (κ2) is 7.01. The van der Waals surface area contributed by atoms with E-state index in [-0.39, 0.29) is 25.8 Å². The maximum absolute atomic E-state index is 11.5. The summed E-state index contributed by atoms with van der Waals surface area (Å²) >= 11 is 0. The van der Waals surface area contributed by atoms with Crippen LogP contribution < -0.4 is 0 Å². The zero-order valence-corrected chi connectivity index (χ0v) is 11.4. The van der Waals surface area contributed by atoms with Crippen LogP contribution in [-0.2, 0) is 23.1 Å². The van der Waals surface area contributed by atoms with Gasteiger partial charge in [0.05, 0.1) is 18.9 Å². The summed E-state index contributed by atoms with van der Waals surface area (Å²) in [5.74, 6) is -0.366. The van der Waals surface area contributed by atoms with Crippen LogP contribution in [0, 0.1) is 12.3 Å². The molecule has 0 rings (SSSR count). The van der Waals surface area contributed by atoms with Crippen molar-refractivity contribution in [1.29, 1.82) is 0 Å². The predicted octanol–water partition coefficient (Wildman–Crippen LogP) is 1.93. The Morgan fingerprint density at radius 1 is 1.35 bits per heavy atom. The zero-order valence-electron chi connectivity index (χ0n) is 10.5. The van der Waals surface area contributed by atoms with Crippen molar-refractivity contribution in [1.82, 2.24) is 0 Å². The average molecular weight is 267 g/mol. The molecule has 0 spiro atoms. The number of carbonyl (C=O) groups excluding carboxylic acids is 1. The molecule has 0 aromatic heterocycles. The molecule has 1 N–H and O–H groups in total. The summed E-state index contributed by atoms with van der Waals surface area (Å²) < 4.78 is 24.8. The van der Waals surface area contributed by atoms with Gasteiger partial charge < -0.3 is 9.63 Å². The van der Waals surface area contributed by atoms with Crippen LogP contribution in [0.1, 0.15) is 27.2 Å². The second-order valence-electron chi connectivity index (χ2n) is 4.01. The Balaban J connectivity index is 3.87. The molecule has 0 radical (unpaired) electrons. The van der Waals surface area contributed by atoms with E-state index in [0.717, 1.165) is 0 Å². The summed E-state index contributed by atoms with van der Waals surface area (Å²) in [5, 5.41) is 0. The minimum atomic E-state index is -4.05. The van der Waals surface area contributed by atoms with Gasteiger partial charge in [0.1, 0.15) is 6.61 Å². The molecule has 0 heterocycles. The van der Waals surface area contributed by atoms with Crippen molar-refractivity contribution < 1.29 is 28.0 Å². The lowest BCUT2D eigenvalue weighted by atomic mass is 9.91. The topological polar surface area (TPSA) is 82.1 Å². The van der Waals surface area contributed by atoms with Crippen molar-refractivity contribution >= 4 is 13.8 Å². The van der Waals surface area contributed by atoms with E-state index < -0.39 is 13.2 Å². The molecule has 0 saturated heterocycles. The molecule has 1 atom stereocenters. The van der Waals surface area contributed by atoms with Gasteiger partial charge in [0.15, 0.2) is 6.61 Å². The fourth-order valence-electron chi connectivity index (χ4n) is 0.779. The molecule has 1 unspecified atom stereocenters. The molecule has 0 amide bonds. The van der Waals surface area contributed by atoms with E-state index in [0.29, 0.717) is 6.42 Å². The normalized spacial score (nSPS) is 15.3. The molecule has 100 valence electrons. The third-order valence-corrected chi connectivity index (χ3v) is 3.28. The summed E-state index contributed by atoms with van der Waals surface area (Å²) in [5.41, 5.74) is -0.563. The molecule has 0 aromatic carbocycles. The lowest BCUT2D eigenvalue weighted by molar-refractivity contribution is -0.155. The number of hydrogen-bond donors (Lipinski definition) is 1. The summed E-state index contributed by atoms with van der Waals surface area (Å²) in [6.45, 7) is 8.20. The fraction of sp³-hybridized carbons (Fsp3) is 0.800. The number of hydrogen-bond acceptors (Lipinski definition) is 5. The van der Waals surface area contributed by atoms with Gasteiger partial charge in [-0.2, -0.15) is 0 Å². The average Bonchev–Trinajstić information content (AvgIpc) is 2.24. The van der Waals surface area contributed by atoms with Crippen molar-refractivity contribution in [3.8, 4) is 0 Å². The Hall–Kier alpha value is -0.550. The first kappa shape index (κ1) is 16.4. The molecule has 17 heavy (non-hydrogen) atoms. The molecule has 0 aromatic rings. The molecule has 0 saturated carbocycles. The van der Waals surface area contributed by atoms with E-state index in [1.165, 1.54) is 0 Å². The molecule has 0 aliphatic rings. The van der Waals surface area contributed by atoms with Crippen LogP contribution >= 0.6 is 7.82 Å². The van der Waals surface area contributed by atoms with Crippen LogP contribution in [0.15, 0.2) is 0 Å². The van der Waals surface area contributed by atoms with Crippen molar-refractivity contribution in [2.24, 2.45) is 5.41 Å². The van der Waals surface area contributed by atoms with Gasteiger partial charge in [0.2, 0.25) is 0 Å². The molecule has 0 bridgehead atoms. The first-order chi connectivity index (χ1) is 7.75. The first-order valence-electron chi connectivity index (χ1n) is 5.33. The van der Waals surface area contributed by atoms with Gasteiger partial charge in [-0.05, 0) is 20.3 Å². The number of phosphoric acid groups is 1. The highest BCUT2D eigenvalue weighted by molar-refractivity contribution is 7.47. The molecular weight excluding hydrogens is 247 g/mol. The Bertz CT molecular complexity index is 289. The third-order valence-electron chi connectivity index (χ3n) is 2.26. The van der Waals surface area contributed by atoms with E-state index in [9.17, 15) is 9.36 Å². The predicted molar refractivity (Wildman–Crippen MR) is 62.1 cm³/mol. The molecule has 6 nitrogen and oxygen atoms in total. The van der Waals surface area contributed by atoms with E-state index in [2.05, 4.69) is 16.0 Å². The smallest absolute Gasteiger partial charge is 0.463 e. The summed E-state index contributed by atoms with van der Waals surface area (Å²) in [6.07, 6.45) is 0.649. The highest BCUT2D eigenvalue weighted by atomic mass is 31.2. The maximum Gasteiger partial charge on any atom is 0.475 e. The minimum Gasteiger partial charge on any atom is -0.463 e. The van der Waals surface area contributed by atoms with Crippen molar-refractivity contribution in [3.63, 3.8) is 0 Å². The van der Waals surface area contributed by atoms with E-state index in [4.69, 9.17) is 9.63 Å². The standard InChI is InChI=1S/C10H19O6P/c1-5-10(3,4)9(11)14-7-8-16-17(12,13)15-6-2/h2,5-8H2,1,3-4H3/p+1. The minimum absolute atomic E-state index is 0.0900. The van der Waals surface area contributed by atoms with Crippen molar-refractivity contribution in [2.45, 2.75) is 27.2 Å². The third kappa shape index (κ3) is 6.68. The highest BCUT2D eigenvalue weighted by Crippen LogP contribution is 2.42. The second-order valence-corrected chi connectivity index (χ2v) is 5.46. The van der Waals surface area contributed by atoms with Crippen LogP contribution in [0.2, 0.25) is 0 Å². The van der Waals surface area contributed by atoms with Crippen molar-refractivity contribution in [3.05, 3.63) is 6.92 Å². The van der Waals surface area contributed by atoms with E-state index in [1.54, 1.807) is 13.8 Å². The molecule has 0 aliphatic heterocycles. The highest BCUT2D eigenvalue weighted by Gasteiger charge is 2.27. The number of carbonyl (C=O) groups is 1. The van der Waals surface area contributed by atoms with Gasteiger partial charge in [-0.15, -0.1) is 0 Å². The van der Waals surface area contributed by atoms with Crippen LogP contribution in [0.25, 0.3) is 0 Å². The number of phosphoric ester groups is 1. The van der Waals surface area contributed by atoms with E-state index >= 15 is 0 Å². The molecule has 0 fully saturated rings. The lowest BCUT2D eigenvalue weighted by Crippen LogP contribution is -2.26. The number of esters is 1. The van der Waals surface area contributed by atoms with Gasteiger partial charge in [-0.3, -0.25) is 9.32 Å². The Labute approximate surface area is 102 Å². The largest absolute Gasteiger partial charge is 0.475 e. The lowest BCUT2D eigenvalue weighted by Gasteiger charge is -2.20. The quantitative estimate of drug-likeness (QED) is 0.313. The Kier molecular flexibility index (Phi) is 6.78. The maximum atomic E-state index is 11.5. The van der Waals surface area contributed by atoms with Crippen LogP contribution in [0.4, 0.5) is 0 Å². The first-order valence-corrected chi connectivity index (χ1v) is 6.83. The van der Waals surface area contributed by atoms with Gasteiger partial charge in [-0.25, -0.2) is 9.09 Å². The van der Waals surface area contributed by atoms with Gasteiger partial charge in [0.25, 0.3) is 0 Å². The van der Waals surface area contributed by atoms with Crippen molar-refractivity contribution in [2.75, 3.05) is 19.8 Å². The SMILES string of the molecule is [CH2+]COP(=O)(O)OCCOC(=O)C(C)(C)CC. The van der Waals surface area contributed by atoms with Gasteiger partial charge >= 0.3 is 13.8 Å². The number of ether oxygens (including phenoxy) is 1. The monoisotopic (exact) mass is 267 g/mol. The Morgan fingerprint density at radius 3 is 2.41 bits per heavy atom. The Morgan fingerprint density at radius 2 is 1.94 bits per heavy atom.